The van der Waals surface area contributed by atoms with E-state index in [1.807, 2.05) is 36.4 Å². The molecule has 5 heteroatoms. The van der Waals surface area contributed by atoms with Crippen molar-refractivity contribution in [2.24, 2.45) is 0 Å². The van der Waals surface area contributed by atoms with Gasteiger partial charge in [0.05, 0.1) is 22.1 Å². The Morgan fingerprint density at radius 2 is 0.575 bits per heavy atom. The Balaban J connectivity index is 0.809. The van der Waals surface area contributed by atoms with Crippen LogP contribution in [0.4, 0.5) is 0 Å². The first-order valence-electron chi connectivity index (χ1n) is 39.1. The smallest absolute Gasteiger partial charge is 0.164 e. The zero-order chi connectivity index (χ0) is 74.6. The van der Waals surface area contributed by atoms with Crippen LogP contribution < -0.4 is 0 Å². The van der Waals surface area contributed by atoms with Gasteiger partial charge in [-0.25, -0.2) is 15.0 Å². The highest BCUT2D eigenvalue weighted by atomic mass is 15.0. The Kier molecular flexibility index (Phi) is 14.4. The number of rotatable bonds is 11. The number of aromatic nitrogens is 5. The Hall–Kier alpha value is -14.7. The third kappa shape index (κ3) is 9.94. The van der Waals surface area contributed by atoms with Crippen molar-refractivity contribution in [2.45, 2.75) is 19.3 Å². The summed E-state index contributed by atoms with van der Waals surface area (Å²) in [6.07, 6.45) is 0. The van der Waals surface area contributed by atoms with E-state index in [4.69, 9.17) is 15.0 Å². The monoisotopic (exact) mass is 1440 g/mol. The van der Waals surface area contributed by atoms with Crippen molar-refractivity contribution in [3.8, 4) is 123 Å². The standard InChI is InChI=1S/C108H69N5/c1-108(2)91-50-22-20-44-81(91)87-64-90-82-45-21-23-51-93(82)113(96(90)65-92(87)108)78-57-59-95-89(63-78)88-62-76(107-110-105(70-34-14-6-15-35-70)109-106(111-107)71-36-16-7-17-37-71)54-58-94(88)112(95)77-55-52-69(53-56-77)98-97(68-32-12-5-13-33-68)99(74-40-24-38-72(60-74)66-28-8-3-9-29-66)103-85-48-26-46-83-79-42-18-19-43-80(79)84-47-27-49-86(102(84)101(83)85)104(103)100(98)75-41-25-39-73(61-75)67-30-10-4-11-31-67/h3-65H,1-2H3. The maximum absolute atomic E-state index is 5.33. The van der Waals surface area contributed by atoms with Gasteiger partial charge in [0, 0.05) is 55.0 Å². The normalized spacial score (nSPS) is 12.6. The minimum Gasteiger partial charge on any atom is -0.309 e. The van der Waals surface area contributed by atoms with Crippen LogP contribution in [0.5, 0.6) is 0 Å². The van der Waals surface area contributed by atoms with E-state index in [1.165, 1.54) is 115 Å². The molecule has 19 aromatic carbocycles. The van der Waals surface area contributed by atoms with Crippen LogP contribution in [0.25, 0.3) is 221 Å². The van der Waals surface area contributed by atoms with Gasteiger partial charge in [-0.15, -0.1) is 0 Å². The molecule has 0 saturated carbocycles. The summed E-state index contributed by atoms with van der Waals surface area (Å²) in [5.74, 6) is 1.83. The van der Waals surface area contributed by atoms with Gasteiger partial charge in [0.1, 0.15) is 0 Å². The molecule has 0 bridgehead atoms. The molecule has 0 N–H and O–H groups in total. The molecule has 23 rings (SSSR count). The van der Waals surface area contributed by atoms with E-state index >= 15 is 0 Å². The predicted molar refractivity (Wildman–Crippen MR) is 474 cm³/mol. The number of fused-ring (bicyclic) bond motifs is 15. The summed E-state index contributed by atoms with van der Waals surface area (Å²) in [5, 5.41) is 17.1. The number of hydrogen-bond donors (Lipinski definition) is 0. The second-order valence-electron chi connectivity index (χ2n) is 30.8. The molecule has 0 spiro atoms. The SMILES string of the molecule is CC1(C)c2ccccc2-c2cc3c4ccccc4n(-c4ccc5c(c4)c4cc(-c6nc(-c7ccccc7)nc(-c7ccccc7)n6)ccc4n5-c4ccc(-c5c(-c6ccccc6)c(-c6cccc(-c7ccccc7)c6)c6c7cccc8c9ccccc9c9cccc(c6c5-c5cccc(-c6ccccc6)c5)c9c87)cc4)c3cc21. The van der Waals surface area contributed by atoms with Crippen LogP contribution in [0.15, 0.2) is 382 Å². The molecule has 0 aliphatic heterocycles. The highest BCUT2D eigenvalue weighted by molar-refractivity contribution is 6.44. The van der Waals surface area contributed by atoms with Gasteiger partial charge < -0.3 is 9.13 Å². The largest absolute Gasteiger partial charge is 0.309 e. The minimum atomic E-state index is -0.193. The Morgan fingerprint density at radius 3 is 1.14 bits per heavy atom. The van der Waals surface area contributed by atoms with Gasteiger partial charge in [0.2, 0.25) is 0 Å². The summed E-state index contributed by atoms with van der Waals surface area (Å²) in [7, 11) is 0. The van der Waals surface area contributed by atoms with Crippen molar-refractivity contribution in [2.75, 3.05) is 0 Å². The fraction of sp³-hybridized carbons (Fsp3) is 0.0278. The Bertz CT molecular complexity index is 7590. The summed E-state index contributed by atoms with van der Waals surface area (Å²) >= 11 is 0. The molecular weight excluding hydrogens is 1370 g/mol. The lowest BCUT2D eigenvalue weighted by Gasteiger charge is -2.28. The third-order valence-electron chi connectivity index (χ3n) is 24.3. The summed E-state index contributed by atoms with van der Waals surface area (Å²) in [5.41, 5.74) is 28.3. The molecule has 0 radical (unpaired) electrons. The van der Waals surface area contributed by atoms with E-state index in [9.17, 15) is 0 Å². The molecule has 0 atom stereocenters. The molecule has 1 aliphatic rings. The Labute approximate surface area is 653 Å². The highest BCUT2D eigenvalue weighted by Crippen LogP contribution is 2.58. The average Bonchev–Trinajstić information content (AvgIpc) is 1.51. The average molecular weight is 1440 g/mol. The highest BCUT2D eigenvalue weighted by Gasteiger charge is 2.37. The Morgan fingerprint density at radius 1 is 0.195 bits per heavy atom. The molecule has 5 nitrogen and oxygen atoms in total. The van der Waals surface area contributed by atoms with Crippen molar-refractivity contribution in [1.82, 2.24) is 24.1 Å². The van der Waals surface area contributed by atoms with Crippen LogP contribution in [-0.2, 0) is 5.41 Å². The van der Waals surface area contributed by atoms with Crippen LogP contribution in [0.2, 0.25) is 0 Å². The van der Waals surface area contributed by atoms with Crippen LogP contribution in [0, 0.1) is 0 Å². The number of nitrogens with zero attached hydrogens (tertiary/aromatic N) is 5. The lowest BCUT2D eigenvalue weighted by atomic mass is 9.75. The van der Waals surface area contributed by atoms with Crippen molar-refractivity contribution >= 4 is 97.5 Å². The number of hydrogen-bond acceptors (Lipinski definition) is 3. The summed E-state index contributed by atoms with van der Waals surface area (Å²) in [6.45, 7) is 4.76. The van der Waals surface area contributed by atoms with Crippen LogP contribution >= 0.6 is 0 Å². The molecule has 3 heterocycles. The molecular formula is C108H69N5. The number of para-hydroxylation sites is 1. The molecule has 0 fully saturated rings. The number of benzene rings is 19. The molecule has 3 aromatic heterocycles. The van der Waals surface area contributed by atoms with E-state index < -0.39 is 0 Å². The van der Waals surface area contributed by atoms with E-state index in [-0.39, 0.29) is 5.41 Å². The van der Waals surface area contributed by atoms with Gasteiger partial charge >= 0.3 is 0 Å². The van der Waals surface area contributed by atoms with Gasteiger partial charge in [-0.2, -0.15) is 0 Å². The molecule has 113 heavy (non-hydrogen) atoms. The topological polar surface area (TPSA) is 48.5 Å². The fourth-order valence-electron chi connectivity index (χ4n) is 19.2. The second kappa shape index (κ2) is 25.2. The summed E-state index contributed by atoms with van der Waals surface area (Å²) < 4.78 is 4.97. The van der Waals surface area contributed by atoms with Crippen molar-refractivity contribution in [3.63, 3.8) is 0 Å². The maximum atomic E-state index is 5.33. The van der Waals surface area contributed by atoms with Gasteiger partial charge in [-0.1, -0.05) is 317 Å². The second-order valence-corrected chi connectivity index (χ2v) is 30.8. The first kappa shape index (κ1) is 64.4. The van der Waals surface area contributed by atoms with Crippen molar-refractivity contribution in [3.05, 3.63) is 393 Å². The van der Waals surface area contributed by atoms with Crippen LogP contribution in [0.1, 0.15) is 25.0 Å². The van der Waals surface area contributed by atoms with Crippen LogP contribution in [0.3, 0.4) is 0 Å². The molecule has 0 amide bonds. The first-order chi connectivity index (χ1) is 55.8. The molecule has 0 saturated heterocycles. The predicted octanol–water partition coefficient (Wildman–Crippen LogP) is 28.6. The van der Waals surface area contributed by atoms with Gasteiger partial charge in [-0.3, -0.25) is 0 Å². The zero-order valence-electron chi connectivity index (χ0n) is 62.1. The van der Waals surface area contributed by atoms with Gasteiger partial charge in [0.15, 0.2) is 17.5 Å². The summed E-state index contributed by atoms with van der Waals surface area (Å²) in [4.78, 5) is 15.8. The van der Waals surface area contributed by atoms with Crippen LogP contribution in [-0.4, -0.2) is 24.1 Å². The first-order valence-corrected chi connectivity index (χ1v) is 39.1. The van der Waals surface area contributed by atoms with Crippen molar-refractivity contribution in [1.29, 1.82) is 0 Å². The molecule has 22 aromatic rings. The maximum Gasteiger partial charge on any atom is 0.164 e. The molecule has 0 unspecified atom stereocenters. The lowest BCUT2D eigenvalue weighted by molar-refractivity contribution is 0.661. The summed E-state index contributed by atoms with van der Waals surface area (Å²) in [6, 6.07) is 142. The zero-order valence-corrected chi connectivity index (χ0v) is 62.1. The minimum absolute atomic E-state index is 0.193. The molecule has 526 valence electrons. The van der Waals surface area contributed by atoms with Gasteiger partial charge in [-0.05, 0) is 222 Å². The van der Waals surface area contributed by atoms with Crippen molar-refractivity contribution < 1.29 is 0 Å². The van der Waals surface area contributed by atoms with Gasteiger partial charge in [0.25, 0.3) is 0 Å². The lowest BCUT2D eigenvalue weighted by Crippen LogP contribution is -2.14. The van der Waals surface area contributed by atoms with E-state index in [2.05, 4.69) is 369 Å². The van der Waals surface area contributed by atoms with E-state index in [1.54, 1.807) is 0 Å². The van der Waals surface area contributed by atoms with E-state index in [0.29, 0.717) is 17.5 Å². The van der Waals surface area contributed by atoms with E-state index in [0.717, 1.165) is 99.9 Å². The third-order valence-corrected chi connectivity index (χ3v) is 24.3. The fourth-order valence-corrected chi connectivity index (χ4v) is 19.2. The molecule has 1 aliphatic carbocycles. The quantitative estimate of drug-likeness (QED) is 0.0958.